The predicted octanol–water partition coefficient (Wildman–Crippen LogP) is 16.2. The van der Waals surface area contributed by atoms with E-state index in [1.807, 2.05) is 0 Å². The molecule has 10 aromatic carbocycles. The van der Waals surface area contributed by atoms with Crippen LogP contribution in [0.5, 0.6) is 0 Å². The molecule has 0 radical (unpaired) electrons. The molecule has 0 fully saturated rings. The maximum atomic E-state index is 2.47. The second-order valence-corrected chi connectivity index (χ2v) is 16.1. The number of nitrogens with zero attached hydrogens (tertiary/aromatic N) is 1. The molecule has 1 heteroatoms. The summed E-state index contributed by atoms with van der Waals surface area (Å²) in [5.74, 6) is 0. The Hall–Kier alpha value is -8.00. The van der Waals surface area contributed by atoms with Crippen molar-refractivity contribution < 1.29 is 0 Å². The summed E-state index contributed by atoms with van der Waals surface area (Å²) in [5, 5.41) is 0. The molecule has 0 amide bonds. The zero-order valence-corrected chi connectivity index (χ0v) is 34.3. The minimum absolute atomic E-state index is 0.587. The first kappa shape index (κ1) is 37.0. The number of hydrogen-bond donors (Lipinski definition) is 0. The van der Waals surface area contributed by atoms with Crippen LogP contribution in [0.2, 0.25) is 0 Å². The van der Waals surface area contributed by atoms with Crippen LogP contribution < -0.4 is 4.90 Å². The smallest absolute Gasteiger partial charge is 0.0714 e. The van der Waals surface area contributed by atoms with Crippen LogP contribution in [-0.4, -0.2) is 0 Å². The van der Waals surface area contributed by atoms with Crippen LogP contribution in [0.1, 0.15) is 22.3 Å². The van der Waals surface area contributed by atoms with Gasteiger partial charge in [0.2, 0.25) is 0 Å². The summed E-state index contributed by atoms with van der Waals surface area (Å²) in [7, 11) is 0. The average Bonchev–Trinajstić information content (AvgIpc) is 3.66. The molecule has 0 aliphatic heterocycles. The molecule has 1 aliphatic rings. The predicted molar refractivity (Wildman–Crippen MR) is 260 cm³/mol. The zero-order chi connectivity index (χ0) is 41.3. The van der Waals surface area contributed by atoms with E-state index in [4.69, 9.17) is 0 Å². The third-order valence-electron chi connectivity index (χ3n) is 12.6. The molecule has 1 nitrogen and oxygen atoms in total. The average molecular weight is 790 g/mol. The Morgan fingerprint density at radius 3 is 1.34 bits per heavy atom. The molecule has 62 heavy (non-hydrogen) atoms. The number of anilines is 3. The number of hydrogen-bond acceptors (Lipinski definition) is 1. The lowest BCUT2D eigenvalue weighted by molar-refractivity contribution is 0.769. The monoisotopic (exact) mass is 789 g/mol. The highest BCUT2D eigenvalue weighted by Crippen LogP contribution is 2.58. The van der Waals surface area contributed by atoms with Gasteiger partial charge in [-0.05, 0) is 115 Å². The summed E-state index contributed by atoms with van der Waals surface area (Å²) < 4.78 is 0. The number of benzene rings is 10. The fourth-order valence-corrected chi connectivity index (χ4v) is 9.70. The van der Waals surface area contributed by atoms with Crippen molar-refractivity contribution in [3.63, 3.8) is 0 Å². The number of rotatable bonds is 9. The van der Waals surface area contributed by atoms with Crippen molar-refractivity contribution >= 4 is 17.1 Å². The van der Waals surface area contributed by atoms with E-state index in [1.165, 1.54) is 66.8 Å². The Morgan fingerprint density at radius 2 is 0.694 bits per heavy atom. The molecule has 0 saturated heterocycles. The van der Waals surface area contributed by atoms with Gasteiger partial charge in [-0.1, -0.05) is 218 Å². The lowest BCUT2D eigenvalue weighted by atomic mass is 9.67. The van der Waals surface area contributed by atoms with Gasteiger partial charge in [-0.2, -0.15) is 0 Å². The lowest BCUT2D eigenvalue weighted by Crippen LogP contribution is -2.29. The highest BCUT2D eigenvalue weighted by Gasteiger charge is 2.46. The van der Waals surface area contributed by atoms with Crippen LogP contribution in [0, 0.1) is 0 Å². The molecule has 1 unspecified atom stereocenters. The van der Waals surface area contributed by atoms with E-state index in [-0.39, 0.29) is 0 Å². The second-order valence-electron chi connectivity index (χ2n) is 16.1. The normalized spacial score (nSPS) is 13.9. The molecule has 10 aromatic rings. The Balaban J connectivity index is 1.18. The number of fused-ring (bicyclic) bond motifs is 3. The molecular weight excluding hydrogens is 747 g/mol. The molecule has 0 N–H and O–H groups in total. The van der Waals surface area contributed by atoms with Gasteiger partial charge in [0, 0.05) is 16.9 Å². The van der Waals surface area contributed by atoms with E-state index in [0.717, 1.165) is 28.2 Å². The van der Waals surface area contributed by atoms with Gasteiger partial charge in [0.1, 0.15) is 0 Å². The van der Waals surface area contributed by atoms with Crippen molar-refractivity contribution in [2.45, 2.75) is 5.41 Å². The van der Waals surface area contributed by atoms with E-state index in [1.54, 1.807) is 0 Å². The fraction of sp³-hybridized carbons (Fsp3) is 0.0164. The van der Waals surface area contributed by atoms with Gasteiger partial charge in [0.15, 0.2) is 0 Å². The highest BCUT2D eigenvalue weighted by atomic mass is 15.1. The quantitative estimate of drug-likeness (QED) is 0.141. The Morgan fingerprint density at radius 1 is 0.242 bits per heavy atom. The lowest BCUT2D eigenvalue weighted by Gasteiger charge is -2.35. The van der Waals surface area contributed by atoms with Crippen molar-refractivity contribution in [1.82, 2.24) is 0 Å². The summed E-state index contributed by atoms with van der Waals surface area (Å²) in [6.07, 6.45) is 0. The van der Waals surface area contributed by atoms with Crippen LogP contribution in [0.3, 0.4) is 0 Å². The topological polar surface area (TPSA) is 3.24 Å². The fourth-order valence-electron chi connectivity index (χ4n) is 9.70. The molecule has 0 aromatic heterocycles. The first-order chi connectivity index (χ1) is 30.8. The Kier molecular flexibility index (Phi) is 9.48. The maximum Gasteiger partial charge on any atom is 0.0714 e. The van der Waals surface area contributed by atoms with Crippen molar-refractivity contribution in [2.75, 3.05) is 4.90 Å². The van der Waals surface area contributed by atoms with E-state index in [0.29, 0.717) is 0 Å². The maximum absolute atomic E-state index is 2.47. The molecule has 1 atom stereocenters. The van der Waals surface area contributed by atoms with Crippen LogP contribution in [0.4, 0.5) is 17.1 Å². The SMILES string of the molecule is c1ccc(-c2ccc(N(c3ccc4c(c3)C(c3ccccc3)(c3cccc(-c5ccccc5)c3)c3ccccc3-4)c3ccc(-c4ccccc4)cc3-c3ccccc3)cc2)cc1. The molecule has 0 spiro atoms. The van der Waals surface area contributed by atoms with Crippen LogP contribution in [0.25, 0.3) is 55.6 Å². The highest BCUT2D eigenvalue weighted by molar-refractivity contribution is 5.94. The molecule has 0 bridgehead atoms. The summed E-state index contributed by atoms with van der Waals surface area (Å²) in [5.41, 5.74) is 19.7. The largest absolute Gasteiger partial charge is 0.310 e. The first-order valence-corrected chi connectivity index (χ1v) is 21.4. The van der Waals surface area contributed by atoms with Gasteiger partial charge in [-0.3, -0.25) is 0 Å². The molecule has 11 rings (SSSR count). The third-order valence-corrected chi connectivity index (χ3v) is 12.6. The van der Waals surface area contributed by atoms with Gasteiger partial charge in [-0.25, -0.2) is 0 Å². The molecule has 0 heterocycles. The molecule has 0 saturated carbocycles. The van der Waals surface area contributed by atoms with Crippen LogP contribution >= 0.6 is 0 Å². The van der Waals surface area contributed by atoms with E-state index < -0.39 is 5.41 Å². The van der Waals surface area contributed by atoms with Crippen molar-refractivity contribution in [1.29, 1.82) is 0 Å². The Labute approximate surface area is 364 Å². The van der Waals surface area contributed by atoms with Crippen LogP contribution in [-0.2, 0) is 5.41 Å². The minimum atomic E-state index is -0.587. The van der Waals surface area contributed by atoms with Gasteiger partial charge in [0.25, 0.3) is 0 Å². The summed E-state index contributed by atoms with van der Waals surface area (Å²) in [6, 6.07) is 95.4. The summed E-state index contributed by atoms with van der Waals surface area (Å²) in [6.45, 7) is 0. The van der Waals surface area contributed by atoms with Gasteiger partial charge in [0.05, 0.1) is 11.1 Å². The third kappa shape index (κ3) is 6.43. The summed E-state index contributed by atoms with van der Waals surface area (Å²) >= 11 is 0. The van der Waals surface area contributed by atoms with E-state index in [2.05, 4.69) is 266 Å². The molecule has 1 aliphatic carbocycles. The van der Waals surface area contributed by atoms with Crippen LogP contribution in [0.15, 0.2) is 261 Å². The second kappa shape index (κ2) is 15.9. The zero-order valence-electron chi connectivity index (χ0n) is 34.3. The van der Waals surface area contributed by atoms with Gasteiger partial charge < -0.3 is 4.90 Å². The van der Waals surface area contributed by atoms with Crippen molar-refractivity contribution in [2.24, 2.45) is 0 Å². The van der Waals surface area contributed by atoms with Gasteiger partial charge in [-0.15, -0.1) is 0 Å². The van der Waals surface area contributed by atoms with E-state index in [9.17, 15) is 0 Å². The summed E-state index contributed by atoms with van der Waals surface area (Å²) in [4.78, 5) is 2.46. The minimum Gasteiger partial charge on any atom is -0.310 e. The molecular formula is C61H43N. The van der Waals surface area contributed by atoms with E-state index >= 15 is 0 Å². The molecule has 292 valence electrons. The Bertz CT molecular complexity index is 3140. The first-order valence-electron chi connectivity index (χ1n) is 21.4. The van der Waals surface area contributed by atoms with Gasteiger partial charge >= 0.3 is 0 Å². The standard InChI is InChI=1S/C61H43N/c1-6-19-44(20-7-1)47-33-36-53(37-34-47)62(60-40-35-50(46-23-10-3-11-24-46)42-57(60)48-25-12-4-13-26-48)54-38-39-56-55-31-16-17-32-58(55)61(59(56)43-54,51-28-14-5-15-29-51)52-30-18-27-49(41-52)45-21-8-2-9-22-45/h1-43H. The van der Waals surface area contributed by atoms with Crippen molar-refractivity contribution in [3.8, 4) is 55.6 Å². The van der Waals surface area contributed by atoms with Crippen molar-refractivity contribution in [3.05, 3.63) is 283 Å².